The summed E-state index contributed by atoms with van der Waals surface area (Å²) in [4.78, 5) is 0. The van der Waals surface area contributed by atoms with Crippen LogP contribution < -0.4 is 0 Å². The second kappa shape index (κ2) is 7.16. The summed E-state index contributed by atoms with van der Waals surface area (Å²) in [5.41, 5.74) is 3.61. The summed E-state index contributed by atoms with van der Waals surface area (Å²) < 4.78 is 14.4. The molecule has 0 saturated carbocycles. The fraction of sp³-hybridized carbons (Fsp3) is 0. The summed E-state index contributed by atoms with van der Waals surface area (Å²) in [5, 5.41) is 25.5. The molecule has 2 nitrogen and oxygen atoms in total. The lowest BCUT2D eigenvalue weighted by molar-refractivity contribution is 0.620. The molecule has 0 atom stereocenters. The van der Waals surface area contributed by atoms with Crippen molar-refractivity contribution in [2.45, 2.75) is 0 Å². The second-order valence-electron chi connectivity index (χ2n) is 8.12. The van der Waals surface area contributed by atoms with E-state index in [1.165, 1.54) is 28.5 Å². The Hall–Kier alpha value is -4.73. The van der Waals surface area contributed by atoms with Gasteiger partial charge in [-0.1, -0.05) is 78.9 Å². The molecule has 3 heteroatoms. The zero-order chi connectivity index (χ0) is 22.5. The number of benzene rings is 6. The molecule has 0 amide bonds. The van der Waals surface area contributed by atoms with Gasteiger partial charge >= 0.3 is 0 Å². The van der Waals surface area contributed by atoms with Gasteiger partial charge in [0.05, 0.1) is 11.1 Å². The molecule has 0 heterocycles. The molecular weight excluding hydrogens is 407 g/mol. The van der Waals surface area contributed by atoms with E-state index in [4.69, 9.17) is 0 Å². The Morgan fingerprint density at radius 3 is 1.55 bits per heavy atom. The number of hydrogen-bond acceptors (Lipinski definition) is 2. The van der Waals surface area contributed by atoms with E-state index in [1.54, 1.807) is 0 Å². The minimum absolute atomic E-state index is 0.124. The van der Waals surface area contributed by atoms with Crippen LogP contribution in [0.2, 0.25) is 0 Å². The van der Waals surface area contributed by atoms with Crippen LogP contribution >= 0.6 is 0 Å². The minimum Gasteiger partial charge on any atom is -0.204 e. The molecular formula is C30H15FN2. The summed E-state index contributed by atoms with van der Waals surface area (Å²) in [6.07, 6.45) is 0. The van der Waals surface area contributed by atoms with Gasteiger partial charge in [-0.3, -0.25) is 0 Å². The smallest absolute Gasteiger partial charge is 0.158 e. The largest absolute Gasteiger partial charge is 0.204 e. The highest BCUT2D eigenvalue weighted by Crippen LogP contribution is 2.42. The highest BCUT2D eigenvalue weighted by atomic mass is 19.1. The topological polar surface area (TPSA) is 47.6 Å². The predicted octanol–water partition coefficient (Wildman–Crippen LogP) is 7.80. The average Bonchev–Trinajstić information content (AvgIpc) is 2.87. The number of rotatable bonds is 2. The highest BCUT2D eigenvalue weighted by molar-refractivity contribution is 6.27. The number of hydrogen-bond donors (Lipinski definition) is 0. The van der Waals surface area contributed by atoms with E-state index in [0.29, 0.717) is 5.56 Å². The maximum absolute atomic E-state index is 14.4. The molecule has 152 valence electrons. The third-order valence-electron chi connectivity index (χ3n) is 6.37. The van der Waals surface area contributed by atoms with Gasteiger partial charge in [-0.2, -0.15) is 10.5 Å². The van der Waals surface area contributed by atoms with Crippen LogP contribution in [-0.2, 0) is 0 Å². The van der Waals surface area contributed by atoms with Gasteiger partial charge in [-0.25, -0.2) is 4.39 Å². The van der Waals surface area contributed by atoms with Crippen molar-refractivity contribution in [3.8, 4) is 34.4 Å². The van der Waals surface area contributed by atoms with Gasteiger partial charge in [0.15, 0.2) is 5.82 Å². The van der Waals surface area contributed by atoms with Crippen LogP contribution in [0.5, 0.6) is 0 Å². The normalized spacial score (nSPS) is 11.1. The summed E-state index contributed by atoms with van der Waals surface area (Å²) in [5.74, 6) is -0.769. The quantitative estimate of drug-likeness (QED) is 0.267. The molecule has 0 unspecified atom stereocenters. The molecule has 0 aliphatic rings. The average molecular weight is 422 g/mol. The second-order valence-corrected chi connectivity index (χ2v) is 8.12. The van der Waals surface area contributed by atoms with Crippen LogP contribution in [0.4, 0.5) is 4.39 Å². The van der Waals surface area contributed by atoms with Crippen LogP contribution in [0.1, 0.15) is 11.1 Å². The number of nitriles is 2. The fourth-order valence-corrected chi connectivity index (χ4v) is 4.86. The first-order valence-electron chi connectivity index (χ1n) is 10.6. The first-order chi connectivity index (χ1) is 16.2. The monoisotopic (exact) mass is 422 g/mol. The molecule has 33 heavy (non-hydrogen) atoms. The minimum atomic E-state index is -0.769. The van der Waals surface area contributed by atoms with Gasteiger partial charge in [0.1, 0.15) is 12.1 Å². The zero-order valence-corrected chi connectivity index (χ0v) is 17.4. The number of halogens is 1. The SMILES string of the molecule is N#Cc1cc(-c2ccc3ccc4c(-c5ccccc5)ccc5ccc2c3c54)cc(C#N)c1F. The lowest BCUT2D eigenvalue weighted by Crippen LogP contribution is -1.93. The Balaban J connectivity index is 1.72. The standard InChI is InChI=1S/C30H15FN2/c31-30-22(16-32)14-21(15-23(30)17-33)25-11-7-20-8-12-26-24(18-4-2-1-3-5-18)10-6-19-9-13-27(25)29(20)28(19)26/h1-15H. The van der Waals surface area contributed by atoms with Crippen molar-refractivity contribution in [3.05, 3.63) is 108 Å². The van der Waals surface area contributed by atoms with Crippen LogP contribution in [0.15, 0.2) is 91.0 Å². The van der Waals surface area contributed by atoms with Crippen molar-refractivity contribution in [1.82, 2.24) is 0 Å². The van der Waals surface area contributed by atoms with Crippen LogP contribution in [0, 0.1) is 28.5 Å². The first kappa shape index (κ1) is 19.0. The molecule has 6 rings (SSSR count). The summed E-state index contributed by atoms with van der Waals surface area (Å²) in [7, 11) is 0. The van der Waals surface area contributed by atoms with Crippen molar-refractivity contribution in [2.24, 2.45) is 0 Å². The molecule has 0 aliphatic heterocycles. The van der Waals surface area contributed by atoms with E-state index < -0.39 is 5.82 Å². The van der Waals surface area contributed by atoms with E-state index in [0.717, 1.165) is 32.7 Å². The molecule has 0 aliphatic carbocycles. The lowest BCUT2D eigenvalue weighted by atomic mass is 9.87. The van der Waals surface area contributed by atoms with Crippen LogP contribution in [-0.4, -0.2) is 0 Å². The Kier molecular flexibility index (Phi) is 4.12. The summed E-state index contributed by atoms with van der Waals surface area (Å²) in [6, 6.07) is 33.9. The van der Waals surface area contributed by atoms with E-state index in [1.807, 2.05) is 42.5 Å². The Morgan fingerprint density at radius 2 is 1.03 bits per heavy atom. The summed E-state index contributed by atoms with van der Waals surface area (Å²) >= 11 is 0. The maximum Gasteiger partial charge on any atom is 0.158 e. The van der Waals surface area contributed by atoms with E-state index in [9.17, 15) is 14.9 Å². The molecule has 0 bridgehead atoms. The first-order valence-corrected chi connectivity index (χ1v) is 10.6. The van der Waals surface area contributed by atoms with Crippen molar-refractivity contribution >= 4 is 32.3 Å². The van der Waals surface area contributed by atoms with E-state index in [-0.39, 0.29) is 11.1 Å². The fourth-order valence-electron chi connectivity index (χ4n) is 4.86. The summed E-state index contributed by atoms with van der Waals surface area (Å²) in [6.45, 7) is 0. The van der Waals surface area contributed by atoms with E-state index in [2.05, 4.69) is 48.5 Å². The van der Waals surface area contributed by atoms with Gasteiger partial charge in [0.25, 0.3) is 0 Å². The van der Waals surface area contributed by atoms with Crippen molar-refractivity contribution in [3.63, 3.8) is 0 Å². The lowest BCUT2D eigenvalue weighted by Gasteiger charge is -2.16. The van der Waals surface area contributed by atoms with E-state index >= 15 is 0 Å². The van der Waals surface area contributed by atoms with Crippen LogP contribution in [0.25, 0.3) is 54.6 Å². The molecule has 0 saturated heterocycles. The maximum atomic E-state index is 14.4. The number of nitrogens with zero attached hydrogens (tertiary/aromatic N) is 2. The van der Waals surface area contributed by atoms with Gasteiger partial charge in [0, 0.05) is 0 Å². The molecule has 0 aromatic heterocycles. The van der Waals surface area contributed by atoms with Crippen molar-refractivity contribution in [1.29, 1.82) is 10.5 Å². The molecule has 0 N–H and O–H groups in total. The Morgan fingerprint density at radius 1 is 0.545 bits per heavy atom. The third-order valence-corrected chi connectivity index (χ3v) is 6.37. The third kappa shape index (κ3) is 2.77. The van der Waals surface area contributed by atoms with Gasteiger partial charge in [0.2, 0.25) is 0 Å². The van der Waals surface area contributed by atoms with Gasteiger partial charge < -0.3 is 0 Å². The highest BCUT2D eigenvalue weighted by Gasteiger charge is 2.17. The van der Waals surface area contributed by atoms with Gasteiger partial charge in [-0.15, -0.1) is 0 Å². The van der Waals surface area contributed by atoms with Crippen LogP contribution in [0.3, 0.4) is 0 Å². The molecule has 0 radical (unpaired) electrons. The molecule has 0 fully saturated rings. The molecule has 0 spiro atoms. The Bertz CT molecular complexity index is 1750. The van der Waals surface area contributed by atoms with Crippen molar-refractivity contribution < 1.29 is 4.39 Å². The van der Waals surface area contributed by atoms with Gasteiger partial charge in [-0.05, 0) is 66.7 Å². The van der Waals surface area contributed by atoms with Crippen molar-refractivity contribution in [2.75, 3.05) is 0 Å². The zero-order valence-electron chi connectivity index (χ0n) is 17.4. The predicted molar refractivity (Wildman–Crippen MR) is 130 cm³/mol. The molecule has 6 aromatic carbocycles. The Labute approximate surface area is 189 Å². The molecule has 6 aromatic rings.